The van der Waals surface area contributed by atoms with Gasteiger partial charge in [-0.25, -0.2) is 8.78 Å². The lowest BCUT2D eigenvalue weighted by atomic mass is 10.2. The Morgan fingerprint density at radius 2 is 1.85 bits per heavy atom. The Kier molecular flexibility index (Phi) is 4.93. The number of rotatable bonds is 4. The average Bonchev–Trinajstić information content (AvgIpc) is 2.48. The van der Waals surface area contributed by atoms with E-state index >= 15 is 0 Å². The van der Waals surface area contributed by atoms with E-state index in [1.165, 1.54) is 6.07 Å². The number of carbonyl (C=O) groups excluding carboxylic acids is 1. The van der Waals surface area contributed by atoms with Gasteiger partial charge in [0.1, 0.15) is 0 Å². The molecule has 20 heavy (non-hydrogen) atoms. The zero-order valence-electron chi connectivity index (χ0n) is 11.7. The van der Waals surface area contributed by atoms with Crippen molar-refractivity contribution in [2.24, 2.45) is 0 Å². The first kappa shape index (κ1) is 14.8. The lowest BCUT2D eigenvalue weighted by Crippen LogP contribution is -2.48. The smallest absolute Gasteiger partial charge is 0.222 e. The zero-order valence-corrected chi connectivity index (χ0v) is 11.7. The van der Waals surface area contributed by atoms with Crippen LogP contribution < -0.4 is 4.90 Å². The first-order valence-electron chi connectivity index (χ1n) is 7.09. The van der Waals surface area contributed by atoms with Gasteiger partial charge in [-0.2, -0.15) is 0 Å². The predicted octanol–water partition coefficient (Wildman–Crippen LogP) is 2.80. The monoisotopic (exact) mass is 282 g/mol. The summed E-state index contributed by atoms with van der Waals surface area (Å²) in [6.07, 6.45) is 2.53. The molecule has 5 heteroatoms. The molecule has 0 aliphatic carbocycles. The molecule has 1 amide bonds. The molecule has 1 aromatic carbocycles. The molecular weight excluding hydrogens is 262 g/mol. The maximum Gasteiger partial charge on any atom is 0.222 e. The Morgan fingerprint density at radius 1 is 1.15 bits per heavy atom. The van der Waals surface area contributed by atoms with Gasteiger partial charge in [0.2, 0.25) is 5.91 Å². The molecule has 0 aromatic heterocycles. The van der Waals surface area contributed by atoms with Gasteiger partial charge in [0, 0.05) is 44.4 Å². The lowest BCUT2D eigenvalue weighted by Gasteiger charge is -2.36. The van der Waals surface area contributed by atoms with Crippen molar-refractivity contribution in [3.63, 3.8) is 0 Å². The minimum atomic E-state index is -0.831. The van der Waals surface area contributed by atoms with Gasteiger partial charge in [-0.05, 0) is 18.6 Å². The Balaban J connectivity index is 1.90. The molecule has 1 heterocycles. The number of amides is 1. The van der Waals surface area contributed by atoms with Gasteiger partial charge in [-0.3, -0.25) is 4.79 Å². The fraction of sp³-hybridized carbons (Fsp3) is 0.533. The topological polar surface area (TPSA) is 23.6 Å². The van der Waals surface area contributed by atoms with E-state index in [2.05, 4.69) is 6.92 Å². The molecule has 3 nitrogen and oxygen atoms in total. The molecule has 0 unspecified atom stereocenters. The number of benzene rings is 1. The normalized spacial score (nSPS) is 15.6. The maximum absolute atomic E-state index is 13.2. The van der Waals surface area contributed by atoms with E-state index in [1.807, 2.05) is 9.80 Å². The van der Waals surface area contributed by atoms with E-state index in [0.717, 1.165) is 18.9 Å². The predicted molar refractivity (Wildman–Crippen MR) is 74.7 cm³/mol. The summed E-state index contributed by atoms with van der Waals surface area (Å²) >= 11 is 0. The highest BCUT2D eigenvalue weighted by Crippen LogP contribution is 2.19. The first-order valence-corrected chi connectivity index (χ1v) is 7.09. The summed E-state index contributed by atoms with van der Waals surface area (Å²) in [4.78, 5) is 15.7. The van der Waals surface area contributed by atoms with Crippen LogP contribution in [-0.2, 0) is 4.79 Å². The Morgan fingerprint density at radius 3 is 2.45 bits per heavy atom. The van der Waals surface area contributed by atoms with Crippen LogP contribution in [0, 0.1) is 11.6 Å². The number of nitrogens with zero attached hydrogens (tertiary/aromatic N) is 2. The Bertz CT molecular complexity index is 471. The molecule has 1 fully saturated rings. The number of hydrogen-bond acceptors (Lipinski definition) is 2. The summed E-state index contributed by atoms with van der Waals surface area (Å²) in [6.45, 7) is 4.66. The van der Waals surface area contributed by atoms with Crippen molar-refractivity contribution in [2.75, 3.05) is 31.1 Å². The van der Waals surface area contributed by atoms with E-state index in [1.54, 1.807) is 6.07 Å². The van der Waals surface area contributed by atoms with Crippen LogP contribution in [0.3, 0.4) is 0 Å². The van der Waals surface area contributed by atoms with Crippen LogP contribution in [0.1, 0.15) is 26.2 Å². The molecule has 0 radical (unpaired) electrons. The molecule has 2 rings (SSSR count). The molecule has 1 aliphatic heterocycles. The Hall–Kier alpha value is -1.65. The largest absolute Gasteiger partial charge is 0.368 e. The van der Waals surface area contributed by atoms with Crippen molar-refractivity contribution in [2.45, 2.75) is 26.2 Å². The SMILES string of the molecule is CCCCC(=O)N1CCN(c2ccc(F)c(F)c2)CC1. The lowest BCUT2D eigenvalue weighted by molar-refractivity contribution is -0.131. The van der Waals surface area contributed by atoms with Crippen LogP contribution in [0.5, 0.6) is 0 Å². The summed E-state index contributed by atoms with van der Waals surface area (Å²) in [7, 11) is 0. The van der Waals surface area contributed by atoms with Crippen molar-refractivity contribution in [1.29, 1.82) is 0 Å². The fourth-order valence-electron chi connectivity index (χ4n) is 2.38. The van der Waals surface area contributed by atoms with Crippen molar-refractivity contribution in [1.82, 2.24) is 4.90 Å². The second kappa shape index (κ2) is 6.68. The molecule has 1 saturated heterocycles. The van der Waals surface area contributed by atoms with Gasteiger partial charge in [0.25, 0.3) is 0 Å². The first-order chi connectivity index (χ1) is 9.61. The highest BCUT2D eigenvalue weighted by atomic mass is 19.2. The number of piperazine rings is 1. The van der Waals surface area contributed by atoms with Gasteiger partial charge in [0.15, 0.2) is 11.6 Å². The number of hydrogen-bond donors (Lipinski definition) is 0. The average molecular weight is 282 g/mol. The van der Waals surface area contributed by atoms with Crippen molar-refractivity contribution >= 4 is 11.6 Å². The van der Waals surface area contributed by atoms with Crippen LogP contribution in [0.15, 0.2) is 18.2 Å². The number of unbranched alkanes of at least 4 members (excludes halogenated alkanes) is 1. The molecule has 0 bridgehead atoms. The quantitative estimate of drug-likeness (QED) is 0.848. The number of carbonyl (C=O) groups is 1. The summed E-state index contributed by atoms with van der Waals surface area (Å²) in [5, 5.41) is 0. The summed E-state index contributed by atoms with van der Waals surface area (Å²) in [5.74, 6) is -1.47. The molecule has 1 aliphatic rings. The van der Waals surface area contributed by atoms with E-state index < -0.39 is 11.6 Å². The van der Waals surface area contributed by atoms with Gasteiger partial charge >= 0.3 is 0 Å². The van der Waals surface area contributed by atoms with Crippen LogP contribution in [0.2, 0.25) is 0 Å². The third kappa shape index (κ3) is 3.46. The van der Waals surface area contributed by atoms with Gasteiger partial charge in [-0.15, -0.1) is 0 Å². The zero-order chi connectivity index (χ0) is 14.5. The van der Waals surface area contributed by atoms with Crippen LogP contribution in [-0.4, -0.2) is 37.0 Å². The van der Waals surface area contributed by atoms with Crippen molar-refractivity contribution in [3.8, 4) is 0 Å². The summed E-state index contributed by atoms with van der Waals surface area (Å²) in [6, 6.07) is 3.93. The minimum absolute atomic E-state index is 0.191. The summed E-state index contributed by atoms with van der Waals surface area (Å²) in [5.41, 5.74) is 0.671. The van der Waals surface area contributed by atoms with Crippen LogP contribution in [0.4, 0.5) is 14.5 Å². The molecule has 1 aromatic rings. The van der Waals surface area contributed by atoms with Crippen LogP contribution in [0.25, 0.3) is 0 Å². The molecule has 0 saturated carbocycles. The number of anilines is 1. The Labute approximate surface area is 118 Å². The number of halogens is 2. The van der Waals surface area contributed by atoms with E-state index in [9.17, 15) is 13.6 Å². The van der Waals surface area contributed by atoms with Crippen molar-refractivity contribution in [3.05, 3.63) is 29.8 Å². The van der Waals surface area contributed by atoms with E-state index in [4.69, 9.17) is 0 Å². The third-order valence-electron chi connectivity index (χ3n) is 3.64. The van der Waals surface area contributed by atoms with Gasteiger partial charge in [-0.1, -0.05) is 13.3 Å². The van der Waals surface area contributed by atoms with Gasteiger partial charge < -0.3 is 9.80 Å². The van der Waals surface area contributed by atoms with Crippen LogP contribution >= 0.6 is 0 Å². The third-order valence-corrected chi connectivity index (χ3v) is 3.64. The molecule has 0 N–H and O–H groups in total. The second-order valence-corrected chi connectivity index (χ2v) is 5.07. The molecule has 0 spiro atoms. The molecule has 110 valence electrons. The molecule has 0 atom stereocenters. The van der Waals surface area contributed by atoms with Crippen molar-refractivity contribution < 1.29 is 13.6 Å². The van der Waals surface area contributed by atoms with E-state index in [-0.39, 0.29) is 5.91 Å². The minimum Gasteiger partial charge on any atom is -0.368 e. The maximum atomic E-state index is 13.2. The highest BCUT2D eigenvalue weighted by Gasteiger charge is 2.21. The van der Waals surface area contributed by atoms with Gasteiger partial charge in [0.05, 0.1) is 0 Å². The second-order valence-electron chi connectivity index (χ2n) is 5.07. The summed E-state index contributed by atoms with van der Waals surface area (Å²) < 4.78 is 26.1. The standard InChI is InChI=1S/C15H20F2N2O/c1-2-3-4-15(20)19-9-7-18(8-10-19)12-5-6-13(16)14(17)11-12/h5-6,11H,2-4,7-10H2,1H3. The van der Waals surface area contributed by atoms with E-state index in [0.29, 0.717) is 38.3 Å². The molecular formula is C15H20F2N2O. The highest BCUT2D eigenvalue weighted by molar-refractivity contribution is 5.76. The fourth-order valence-corrected chi connectivity index (χ4v) is 2.38.